The number of rotatable bonds is 5. The quantitative estimate of drug-likeness (QED) is 0.713. The van der Waals surface area contributed by atoms with Crippen LogP contribution in [0.2, 0.25) is 0 Å². The van der Waals surface area contributed by atoms with Gasteiger partial charge >= 0.3 is 0 Å². The van der Waals surface area contributed by atoms with Gasteiger partial charge in [-0.25, -0.2) is 0 Å². The van der Waals surface area contributed by atoms with E-state index in [1.54, 1.807) is 11.1 Å². The summed E-state index contributed by atoms with van der Waals surface area (Å²) in [6.07, 6.45) is 7.81. The van der Waals surface area contributed by atoms with Crippen LogP contribution in [-0.2, 0) is 12.8 Å². The highest BCUT2D eigenvalue weighted by Gasteiger charge is 2.21. The van der Waals surface area contributed by atoms with Crippen LogP contribution < -0.4 is 0 Å². The SMILES string of the molecule is Br.CCCN(CCC)C1CCCc2ccccc2C1. The van der Waals surface area contributed by atoms with Gasteiger partial charge in [0.1, 0.15) is 0 Å². The highest BCUT2D eigenvalue weighted by Crippen LogP contribution is 2.24. The molecule has 0 saturated carbocycles. The van der Waals surface area contributed by atoms with Gasteiger partial charge in [0.25, 0.3) is 0 Å². The fourth-order valence-electron chi connectivity index (χ4n) is 3.25. The molecule has 1 aromatic carbocycles. The van der Waals surface area contributed by atoms with E-state index in [9.17, 15) is 0 Å². The second-order valence-electron chi connectivity index (χ2n) is 5.55. The van der Waals surface area contributed by atoms with Crippen LogP contribution in [0.4, 0.5) is 0 Å². The van der Waals surface area contributed by atoms with Gasteiger partial charge in [0.2, 0.25) is 0 Å². The Balaban J connectivity index is 0.00000180. The molecule has 108 valence electrons. The molecule has 1 atom stereocenters. The number of fused-ring (bicyclic) bond motifs is 1. The monoisotopic (exact) mass is 325 g/mol. The molecular formula is C17H28BrN. The van der Waals surface area contributed by atoms with Gasteiger partial charge in [-0.15, -0.1) is 17.0 Å². The largest absolute Gasteiger partial charge is 0.300 e. The molecule has 1 aliphatic carbocycles. The first-order valence-electron chi connectivity index (χ1n) is 7.66. The van der Waals surface area contributed by atoms with Crippen molar-refractivity contribution in [1.29, 1.82) is 0 Å². The zero-order chi connectivity index (χ0) is 12.8. The molecular weight excluding hydrogens is 298 g/mol. The van der Waals surface area contributed by atoms with E-state index in [1.807, 2.05) is 0 Å². The van der Waals surface area contributed by atoms with Crippen molar-refractivity contribution in [3.63, 3.8) is 0 Å². The molecule has 1 nitrogen and oxygen atoms in total. The number of nitrogens with zero attached hydrogens (tertiary/aromatic N) is 1. The van der Waals surface area contributed by atoms with E-state index in [2.05, 4.69) is 43.0 Å². The summed E-state index contributed by atoms with van der Waals surface area (Å²) >= 11 is 0. The van der Waals surface area contributed by atoms with Gasteiger partial charge in [-0.05, 0) is 62.7 Å². The number of aryl methyl sites for hydroxylation is 1. The number of hydrogen-bond acceptors (Lipinski definition) is 1. The highest BCUT2D eigenvalue weighted by molar-refractivity contribution is 8.93. The van der Waals surface area contributed by atoms with Crippen molar-refractivity contribution in [2.24, 2.45) is 0 Å². The van der Waals surface area contributed by atoms with Crippen molar-refractivity contribution in [3.05, 3.63) is 35.4 Å². The minimum Gasteiger partial charge on any atom is -0.300 e. The van der Waals surface area contributed by atoms with E-state index < -0.39 is 0 Å². The topological polar surface area (TPSA) is 3.24 Å². The van der Waals surface area contributed by atoms with Crippen molar-refractivity contribution < 1.29 is 0 Å². The van der Waals surface area contributed by atoms with Crippen LogP contribution in [0.15, 0.2) is 24.3 Å². The van der Waals surface area contributed by atoms with Gasteiger partial charge in [0, 0.05) is 6.04 Å². The first-order chi connectivity index (χ1) is 8.85. The zero-order valence-electron chi connectivity index (χ0n) is 12.4. The third-order valence-corrected chi connectivity index (χ3v) is 4.10. The Morgan fingerprint density at radius 1 is 1.05 bits per heavy atom. The lowest BCUT2D eigenvalue weighted by molar-refractivity contribution is 0.185. The van der Waals surface area contributed by atoms with E-state index in [1.165, 1.54) is 51.6 Å². The van der Waals surface area contributed by atoms with E-state index >= 15 is 0 Å². The molecule has 1 unspecified atom stereocenters. The summed E-state index contributed by atoms with van der Waals surface area (Å²) < 4.78 is 0. The molecule has 0 radical (unpaired) electrons. The van der Waals surface area contributed by atoms with Crippen molar-refractivity contribution in [3.8, 4) is 0 Å². The molecule has 0 heterocycles. The normalized spacial score (nSPS) is 18.6. The number of benzene rings is 1. The van der Waals surface area contributed by atoms with Crippen LogP contribution in [0.1, 0.15) is 50.7 Å². The first kappa shape index (κ1) is 16.7. The van der Waals surface area contributed by atoms with Gasteiger partial charge in [0.05, 0.1) is 0 Å². The second-order valence-corrected chi connectivity index (χ2v) is 5.55. The summed E-state index contributed by atoms with van der Waals surface area (Å²) in [7, 11) is 0. The van der Waals surface area contributed by atoms with E-state index in [4.69, 9.17) is 0 Å². The molecule has 0 aromatic heterocycles. The van der Waals surface area contributed by atoms with Crippen molar-refractivity contribution >= 4 is 17.0 Å². The number of halogens is 1. The molecule has 0 saturated heterocycles. The molecule has 0 spiro atoms. The number of hydrogen-bond donors (Lipinski definition) is 0. The van der Waals surface area contributed by atoms with Crippen molar-refractivity contribution in [2.45, 2.75) is 58.4 Å². The lowest BCUT2D eigenvalue weighted by Gasteiger charge is -2.30. The molecule has 0 amide bonds. The standard InChI is InChI=1S/C17H27N.BrH/c1-3-12-18(13-4-2)17-11-7-10-15-8-5-6-9-16(15)14-17;/h5-6,8-9,17H,3-4,7,10-14H2,1-2H3;1H. The summed E-state index contributed by atoms with van der Waals surface area (Å²) in [6, 6.07) is 9.82. The maximum absolute atomic E-state index is 2.72. The maximum Gasteiger partial charge on any atom is 0.0136 e. The molecule has 1 aliphatic rings. The Kier molecular flexibility index (Phi) is 7.70. The summed E-state index contributed by atoms with van der Waals surface area (Å²) in [5, 5.41) is 0. The lowest BCUT2D eigenvalue weighted by atomic mass is 10.0. The van der Waals surface area contributed by atoms with Crippen LogP contribution in [0.25, 0.3) is 0 Å². The van der Waals surface area contributed by atoms with Gasteiger partial charge in [0.15, 0.2) is 0 Å². The minimum atomic E-state index is 0. The van der Waals surface area contributed by atoms with Gasteiger partial charge in [-0.1, -0.05) is 38.1 Å². The Labute approximate surface area is 129 Å². The third-order valence-electron chi connectivity index (χ3n) is 4.10. The maximum atomic E-state index is 2.72. The molecule has 2 rings (SSSR count). The third kappa shape index (κ3) is 4.61. The Morgan fingerprint density at radius 3 is 2.32 bits per heavy atom. The van der Waals surface area contributed by atoms with Crippen LogP contribution in [0, 0.1) is 0 Å². The molecule has 19 heavy (non-hydrogen) atoms. The fourth-order valence-corrected chi connectivity index (χ4v) is 3.25. The molecule has 0 fully saturated rings. The summed E-state index contributed by atoms with van der Waals surface area (Å²) in [4.78, 5) is 2.72. The van der Waals surface area contributed by atoms with E-state index in [-0.39, 0.29) is 17.0 Å². The molecule has 1 aromatic rings. The molecule has 0 aliphatic heterocycles. The average Bonchev–Trinajstić information content (AvgIpc) is 2.60. The Morgan fingerprint density at radius 2 is 1.68 bits per heavy atom. The van der Waals surface area contributed by atoms with Crippen LogP contribution in [0.5, 0.6) is 0 Å². The Hall–Kier alpha value is -0.340. The van der Waals surface area contributed by atoms with E-state index in [0.29, 0.717) is 0 Å². The molecule has 0 bridgehead atoms. The first-order valence-corrected chi connectivity index (χ1v) is 7.66. The highest BCUT2D eigenvalue weighted by atomic mass is 79.9. The Bertz CT molecular complexity index is 358. The lowest BCUT2D eigenvalue weighted by Crippen LogP contribution is -2.37. The summed E-state index contributed by atoms with van der Waals surface area (Å²) in [5.74, 6) is 0. The molecule has 2 heteroatoms. The summed E-state index contributed by atoms with van der Waals surface area (Å²) in [5.41, 5.74) is 3.19. The van der Waals surface area contributed by atoms with Crippen LogP contribution >= 0.6 is 17.0 Å². The predicted octanol–water partition coefficient (Wildman–Crippen LogP) is 4.63. The predicted molar refractivity (Wildman–Crippen MR) is 89.3 cm³/mol. The van der Waals surface area contributed by atoms with Crippen molar-refractivity contribution in [1.82, 2.24) is 4.90 Å². The minimum absolute atomic E-state index is 0. The van der Waals surface area contributed by atoms with E-state index in [0.717, 1.165) is 6.04 Å². The average molecular weight is 326 g/mol. The smallest absolute Gasteiger partial charge is 0.0136 e. The van der Waals surface area contributed by atoms with Crippen molar-refractivity contribution in [2.75, 3.05) is 13.1 Å². The van der Waals surface area contributed by atoms with Gasteiger partial charge < -0.3 is 4.90 Å². The van der Waals surface area contributed by atoms with Gasteiger partial charge in [-0.2, -0.15) is 0 Å². The van der Waals surface area contributed by atoms with Gasteiger partial charge in [-0.3, -0.25) is 0 Å². The summed E-state index contributed by atoms with van der Waals surface area (Å²) in [6.45, 7) is 7.13. The fraction of sp³-hybridized carbons (Fsp3) is 0.647. The van der Waals surface area contributed by atoms with Crippen LogP contribution in [-0.4, -0.2) is 24.0 Å². The second kappa shape index (κ2) is 8.76. The van der Waals surface area contributed by atoms with Crippen LogP contribution in [0.3, 0.4) is 0 Å². The molecule has 0 N–H and O–H groups in total. The zero-order valence-corrected chi connectivity index (χ0v) is 14.1.